The smallest absolute Gasteiger partial charge is 0.272 e. The van der Waals surface area contributed by atoms with E-state index in [0.29, 0.717) is 29.9 Å². The molecule has 3 aromatic heterocycles. The molecule has 11 nitrogen and oxygen atoms in total. The van der Waals surface area contributed by atoms with Crippen molar-refractivity contribution in [2.75, 3.05) is 76.9 Å². The fourth-order valence-corrected chi connectivity index (χ4v) is 8.43. The molecule has 4 fully saturated rings. The summed E-state index contributed by atoms with van der Waals surface area (Å²) >= 11 is 0. The first-order valence-electron chi connectivity index (χ1n) is 19.2. The molecule has 4 aliphatic rings. The highest BCUT2D eigenvalue weighted by Crippen LogP contribution is 2.27. The summed E-state index contributed by atoms with van der Waals surface area (Å²) in [6.45, 7) is 12.6. The van der Waals surface area contributed by atoms with Gasteiger partial charge in [0, 0.05) is 96.7 Å². The summed E-state index contributed by atoms with van der Waals surface area (Å²) in [5, 5.41) is 0. The van der Waals surface area contributed by atoms with Crippen molar-refractivity contribution >= 4 is 28.5 Å². The topological polar surface area (TPSA) is 109 Å². The minimum atomic E-state index is -0.0333. The van der Waals surface area contributed by atoms with Crippen molar-refractivity contribution in [3.05, 3.63) is 63.8 Å². The first-order chi connectivity index (χ1) is 24.4. The molecule has 6 heterocycles. The van der Waals surface area contributed by atoms with Crippen molar-refractivity contribution in [3.8, 4) is 0 Å². The third kappa shape index (κ3) is 8.37. The van der Waals surface area contributed by atoms with Gasteiger partial charge in [-0.25, -0.2) is 4.98 Å². The van der Waals surface area contributed by atoms with E-state index in [-0.39, 0.29) is 11.5 Å². The van der Waals surface area contributed by atoms with Gasteiger partial charge in [-0.3, -0.25) is 29.2 Å². The van der Waals surface area contributed by atoms with E-state index < -0.39 is 0 Å². The number of piperidine rings is 1. The highest BCUT2D eigenvalue weighted by molar-refractivity contribution is 5.92. The minimum Gasteiger partial charge on any atom is -0.368 e. The van der Waals surface area contributed by atoms with Crippen LogP contribution in [0.2, 0.25) is 0 Å². The van der Waals surface area contributed by atoms with Crippen LogP contribution in [0.3, 0.4) is 0 Å². The lowest BCUT2D eigenvalue weighted by atomic mass is 9.86. The second-order valence-corrected chi connectivity index (χ2v) is 15.0. The largest absolute Gasteiger partial charge is 0.368 e. The van der Waals surface area contributed by atoms with Gasteiger partial charge in [0.05, 0.1) is 22.9 Å². The molecule has 1 saturated carbocycles. The lowest BCUT2D eigenvalue weighted by Gasteiger charge is -2.39. The third-order valence-electron chi connectivity index (χ3n) is 11.6. The van der Waals surface area contributed by atoms with Crippen LogP contribution in [-0.4, -0.2) is 118 Å². The van der Waals surface area contributed by atoms with Crippen LogP contribution < -0.4 is 10.5 Å². The first kappa shape index (κ1) is 34.6. The number of aromatic nitrogens is 3. The highest BCUT2D eigenvalue weighted by Gasteiger charge is 2.29. The van der Waals surface area contributed by atoms with Crippen molar-refractivity contribution in [3.63, 3.8) is 0 Å². The third-order valence-corrected chi connectivity index (χ3v) is 11.6. The Balaban J connectivity index is 0.820. The molecule has 50 heavy (non-hydrogen) atoms. The molecule has 0 aromatic carbocycles. The number of carbonyl (C=O) groups is 2. The highest BCUT2D eigenvalue weighted by atomic mass is 16.2. The Bertz CT molecular complexity index is 1660. The zero-order valence-corrected chi connectivity index (χ0v) is 29.8. The molecule has 0 atom stereocenters. The van der Waals surface area contributed by atoms with Gasteiger partial charge in [-0.2, -0.15) is 0 Å². The van der Waals surface area contributed by atoms with E-state index in [1.165, 1.54) is 32.1 Å². The molecular weight excluding hydrogens is 628 g/mol. The Labute approximate surface area is 296 Å². The quantitative estimate of drug-likeness (QED) is 0.359. The number of pyridine rings is 3. The predicted molar refractivity (Wildman–Crippen MR) is 196 cm³/mol. The molecule has 11 heteroatoms. The summed E-state index contributed by atoms with van der Waals surface area (Å²) in [6, 6.07) is 7.86. The summed E-state index contributed by atoms with van der Waals surface area (Å²) < 4.78 is 0. The van der Waals surface area contributed by atoms with Gasteiger partial charge in [-0.15, -0.1) is 0 Å². The number of nitrogens with one attached hydrogen (secondary N) is 1. The van der Waals surface area contributed by atoms with Gasteiger partial charge in [0.1, 0.15) is 5.69 Å². The molecule has 1 aliphatic carbocycles. The van der Waals surface area contributed by atoms with Crippen molar-refractivity contribution < 1.29 is 9.59 Å². The molecule has 3 aliphatic heterocycles. The first-order valence-corrected chi connectivity index (χ1v) is 19.2. The molecule has 2 amide bonds. The van der Waals surface area contributed by atoms with Crippen LogP contribution in [0.15, 0.2) is 41.5 Å². The number of aromatic amines is 1. The van der Waals surface area contributed by atoms with E-state index in [4.69, 9.17) is 0 Å². The number of amides is 2. The van der Waals surface area contributed by atoms with E-state index in [9.17, 15) is 14.4 Å². The van der Waals surface area contributed by atoms with Crippen molar-refractivity contribution in [2.45, 2.75) is 71.3 Å². The number of piperazine rings is 2. The Morgan fingerprint density at radius 3 is 2.22 bits per heavy atom. The second-order valence-electron chi connectivity index (χ2n) is 15.0. The van der Waals surface area contributed by atoms with Crippen molar-refractivity contribution in [1.82, 2.24) is 34.6 Å². The van der Waals surface area contributed by atoms with Gasteiger partial charge >= 0.3 is 0 Å². The summed E-state index contributed by atoms with van der Waals surface area (Å²) in [4.78, 5) is 62.0. The van der Waals surface area contributed by atoms with E-state index in [1.54, 1.807) is 0 Å². The van der Waals surface area contributed by atoms with Crippen LogP contribution in [0.5, 0.6) is 0 Å². The van der Waals surface area contributed by atoms with Crippen LogP contribution in [0, 0.1) is 11.8 Å². The van der Waals surface area contributed by atoms with Crippen LogP contribution in [0.25, 0.3) is 11.0 Å². The number of likely N-dealkylation sites (tertiary alicyclic amines) is 1. The minimum absolute atomic E-state index is 0.0289. The molecule has 3 aromatic rings. The lowest BCUT2D eigenvalue weighted by Crippen LogP contribution is -2.51. The average molecular weight is 683 g/mol. The molecule has 0 spiro atoms. The van der Waals surface area contributed by atoms with Crippen LogP contribution in [0.4, 0.5) is 5.69 Å². The molecular formula is C39H54N8O3. The Morgan fingerprint density at radius 2 is 1.52 bits per heavy atom. The fraction of sp³-hybridized carbons (Fsp3) is 0.615. The number of anilines is 1. The standard InChI is InChI=1S/C39H54N8O3/c1-2-32-24-35-36(42-38(32)49)22-31(25-40-35)28-44-14-18-45(19-15-44)33-8-9-34(41-26-33)39(50)47-12-10-30(11-13-47)27-43-16-20-46(21-17-43)37(48)23-29-6-4-3-5-7-29/h8-9,22,24-26,29-30H,2-7,10-21,23,27-28H2,1H3,(H,42,49). The molecule has 268 valence electrons. The van der Waals surface area contributed by atoms with Gasteiger partial charge in [-0.05, 0) is 73.8 Å². The van der Waals surface area contributed by atoms with E-state index in [0.717, 1.165) is 126 Å². The van der Waals surface area contributed by atoms with E-state index in [1.807, 2.05) is 48.5 Å². The SMILES string of the molecule is CCc1cc2ncc(CN3CCN(c4ccc(C(=O)N5CCC(CN6CCN(C(=O)CC7CCCCC7)CC6)CC5)nc4)CC3)cc2[nH]c1=O. The Morgan fingerprint density at radius 1 is 0.780 bits per heavy atom. The number of nitrogens with zero attached hydrogens (tertiary/aromatic N) is 7. The summed E-state index contributed by atoms with van der Waals surface area (Å²) in [7, 11) is 0. The normalized spacial score (nSPS) is 20.5. The van der Waals surface area contributed by atoms with Crippen molar-refractivity contribution in [1.29, 1.82) is 0 Å². The molecule has 0 radical (unpaired) electrons. The maximum Gasteiger partial charge on any atom is 0.272 e. The van der Waals surface area contributed by atoms with E-state index in [2.05, 4.69) is 34.6 Å². The summed E-state index contributed by atoms with van der Waals surface area (Å²) in [5.41, 5.74) is 5.01. The molecule has 0 bridgehead atoms. The predicted octanol–water partition coefficient (Wildman–Crippen LogP) is 4.17. The van der Waals surface area contributed by atoms with Crippen LogP contribution in [0.1, 0.15) is 79.9 Å². The zero-order chi connectivity index (χ0) is 34.5. The Kier molecular flexibility index (Phi) is 11.1. The number of hydrogen-bond donors (Lipinski definition) is 1. The average Bonchev–Trinajstić information content (AvgIpc) is 3.15. The maximum atomic E-state index is 13.3. The van der Waals surface area contributed by atoms with Crippen LogP contribution in [-0.2, 0) is 17.8 Å². The number of aryl methyl sites for hydroxylation is 1. The maximum absolute atomic E-state index is 13.3. The molecule has 7 rings (SSSR count). The number of rotatable bonds is 9. The fourth-order valence-electron chi connectivity index (χ4n) is 8.43. The number of H-pyrrole nitrogens is 1. The van der Waals surface area contributed by atoms with Gasteiger partial charge in [-0.1, -0.05) is 26.2 Å². The monoisotopic (exact) mass is 682 g/mol. The van der Waals surface area contributed by atoms with Crippen molar-refractivity contribution in [2.24, 2.45) is 11.8 Å². The van der Waals surface area contributed by atoms with Crippen LogP contribution >= 0.6 is 0 Å². The zero-order valence-electron chi connectivity index (χ0n) is 29.8. The van der Waals surface area contributed by atoms with E-state index >= 15 is 0 Å². The van der Waals surface area contributed by atoms with Gasteiger partial charge < -0.3 is 19.7 Å². The number of hydrogen-bond acceptors (Lipinski definition) is 8. The summed E-state index contributed by atoms with van der Waals surface area (Å²) in [5.74, 6) is 1.59. The molecule has 1 N–H and O–H groups in total. The Hall–Kier alpha value is -3.83. The number of fused-ring (bicyclic) bond motifs is 1. The lowest BCUT2D eigenvalue weighted by molar-refractivity contribution is -0.134. The van der Waals surface area contributed by atoms with Gasteiger partial charge in [0.2, 0.25) is 5.91 Å². The second kappa shape index (κ2) is 16.0. The molecule has 3 saturated heterocycles. The van der Waals surface area contributed by atoms with Gasteiger partial charge in [0.25, 0.3) is 11.5 Å². The van der Waals surface area contributed by atoms with Gasteiger partial charge in [0.15, 0.2) is 0 Å². The number of carbonyl (C=O) groups excluding carboxylic acids is 2. The molecule has 0 unspecified atom stereocenters. The summed E-state index contributed by atoms with van der Waals surface area (Å²) in [6.07, 6.45) is 13.6.